The number of hydrogen-bond donors (Lipinski definition) is 1. The van der Waals surface area contributed by atoms with Crippen LogP contribution >= 0.6 is 0 Å². The molecule has 0 spiro atoms. The van der Waals surface area contributed by atoms with Gasteiger partial charge in [0.15, 0.2) is 5.96 Å². The number of benzene rings is 1. The molecule has 1 N–H and O–H groups in total. The van der Waals surface area contributed by atoms with Gasteiger partial charge in [0, 0.05) is 32.8 Å². The monoisotopic (exact) mass is 331 g/mol. The summed E-state index contributed by atoms with van der Waals surface area (Å²) in [4.78, 5) is 21.1. The Hall–Kier alpha value is -2.97. The van der Waals surface area contributed by atoms with Gasteiger partial charge >= 0.3 is 0 Å². The molecule has 0 atom stereocenters. The normalized spacial score (nSPS) is 11.4. The lowest BCUT2D eigenvalue weighted by Gasteiger charge is -2.21. The van der Waals surface area contributed by atoms with E-state index in [-0.39, 0.29) is 5.69 Å². The van der Waals surface area contributed by atoms with Crippen LogP contribution < -0.4 is 5.32 Å². The van der Waals surface area contributed by atoms with E-state index in [2.05, 4.69) is 20.4 Å². The number of nitrogens with one attached hydrogen (secondary N) is 1. The lowest BCUT2D eigenvalue weighted by molar-refractivity contribution is -0.384. The van der Waals surface area contributed by atoms with E-state index in [9.17, 15) is 10.1 Å². The molecule has 9 heteroatoms. The molecule has 0 saturated carbocycles. The van der Waals surface area contributed by atoms with Crippen LogP contribution in [-0.4, -0.2) is 44.1 Å². The standard InChI is InChI=1S/C15H21N7O2/c1-4-16-15(20(2)10-14-18-11-19-21(14)3)17-9-12-6-5-7-13(8-12)22(23)24/h5-8,11H,4,9-10H2,1-3H3,(H,16,17). The molecule has 0 saturated heterocycles. The lowest BCUT2D eigenvalue weighted by atomic mass is 10.2. The summed E-state index contributed by atoms with van der Waals surface area (Å²) in [5.74, 6) is 1.52. The minimum absolute atomic E-state index is 0.0696. The Labute approximate surface area is 140 Å². The van der Waals surface area contributed by atoms with Gasteiger partial charge in [-0.15, -0.1) is 0 Å². The molecule has 0 fully saturated rings. The number of aromatic nitrogens is 3. The number of aryl methyl sites for hydroxylation is 1. The molecule has 0 aliphatic rings. The molecule has 9 nitrogen and oxygen atoms in total. The maximum atomic E-state index is 10.8. The van der Waals surface area contributed by atoms with Crippen molar-refractivity contribution >= 4 is 11.6 Å². The van der Waals surface area contributed by atoms with E-state index in [1.165, 1.54) is 18.5 Å². The average Bonchev–Trinajstić information content (AvgIpc) is 2.96. The summed E-state index contributed by atoms with van der Waals surface area (Å²) in [6, 6.07) is 6.50. The first-order valence-electron chi connectivity index (χ1n) is 7.57. The molecule has 1 aromatic carbocycles. The minimum atomic E-state index is -0.404. The van der Waals surface area contributed by atoms with Crippen LogP contribution in [0.25, 0.3) is 0 Å². The van der Waals surface area contributed by atoms with E-state index in [1.54, 1.807) is 10.7 Å². The summed E-state index contributed by atoms with van der Waals surface area (Å²) in [7, 11) is 3.74. The molecule has 0 aliphatic carbocycles. The smallest absolute Gasteiger partial charge is 0.269 e. The summed E-state index contributed by atoms with van der Waals surface area (Å²) >= 11 is 0. The van der Waals surface area contributed by atoms with Crippen molar-refractivity contribution in [3.8, 4) is 0 Å². The van der Waals surface area contributed by atoms with Crippen molar-refractivity contribution in [2.45, 2.75) is 20.0 Å². The first-order chi connectivity index (χ1) is 11.5. The molecule has 0 unspecified atom stereocenters. The number of nitrogens with zero attached hydrogens (tertiary/aromatic N) is 6. The third kappa shape index (κ3) is 4.51. The number of nitro benzene ring substituents is 1. The van der Waals surface area contributed by atoms with Crippen LogP contribution in [0.4, 0.5) is 5.69 Å². The molecule has 0 radical (unpaired) electrons. The summed E-state index contributed by atoms with van der Waals surface area (Å²) in [5, 5.41) is 18.1. The van der Waals surface area contributed by atoms with Crippen LogP contribution in [0.3, 0.4) is 0 Å². The molecule has 24 heavy (non-hydrogen) atoms. The van der Waals surface area contributed by atoms with Crippen molar-refractivity contribution in [1.29, 1.82) is 0 Å². The predicted molar refractivity (Wildman–Crippen MR) is 90.4 cm³/mol. The van der Waals surface area contributed by atoms with Gasteiger partial charge in [-0.3, -0.25) is 14.8 Å². The van der Waals surface area contributed by atoms with E-state index in [4.69, 9.17) is 0 Å². The molecule has 128 valence electrons. The summed E-state index contributed by atoms with van der Waals surface area (Å²) in [6.45, 7) is 3.61. The predicted octanol–water partition coefficient (Wildman–Crippen LogP) is 1.32. The van der Waals surface area contributed by atoms with Gasteiger partial charge in [0.25, 0.3) is 5.69 Å². The molecule has 0 aliphatic heterocycles. The van der Waals surface area contributed by atoms with Gasteiger partial charge in [0.2, 0.25) is 0 Å². The number of aliphatic imine (C=N–C) groups is 1. The zero-order valence-corrected chi connectivity index (χ0v) is 14.0. The lowest BCUT2D eigenvalue weighted by Crippen LogP contribution is -2.39. The second-order valence-corrected chi connectivity index (χ2v) is 5.25. The zero-order chi connectivity index (χ0) is 17.5. The van der Waals surface area contributed by atoms with E-state index in [1.807, 2.05) is 32.0 Å². The van der Waals surface area contributed by atoms with E-state index >= 15 is 0 Å². The largest absolute Gasteiger partial charge is 0.357 e. The topological polar surface area (TPSA) is 101 Å². The Morgan fingerprint density at radius 1 is 1.50 bits per heavy atom. The highest BCUT2D eigenvalue weighted by molar-refractivity contribution is 5.79. The molecule has 2 rings (SSSR count). The Bertz CT molecular complexity index is 726. The second kappa shape index (κ2) is 8.04. The Morgan fingerprint density at radius 2 is 2.29 bits per heavy atom. The van der Waals surface area contributed by atoms with Crippen molar-refractivity contribution in [2.75, 3.05) is 13.6 Å². The van der Waals surface area contributed by atoms with Crippen LogP contribution in [0.5, 0.6) is 0 Å². The van der Waals surface area contributed by atoms with E-state index in [0.29, 0.717) is 19.0 Å². The quantitative estimate of drug-likeness (QED) is 0.371. The number of nitro groups is 1. The summed E-state index contributed by atoms with van der Waals surface area (Å²) in [5.41, 5.74) is 0.854. The van der Waals surface area contributed by atoms with E-state index < -0.39 is 4.92 Å². The SMILES string of the molecule is CCNC(=NCc1cccc([N+](=O)[O-])c1)N(C)Cc1ncnn1C. The zero-order valence-electron chi connectivity index (χ0n) is 14.0. The Kier molecular flexibility index (Phi) is 5.83. The molecular weight excluding hydrogens is 310 g/mol. The van der Waals surface area contributed by atoms with Crippen LogP contribution in [0.15, 0.2) is 35.6 Å². The van der Waals surface area contributed by atoms with Gasteiger partial charge in [-0.1, -0.05) is 12.1 Å². The fourth-order valence-electron chi connectivity index (χ4n) is 2.15. The number of guanidine groups is 1. The third-order valence-corrected chi connectivity index (χ3v) is 3.41. The average molecular weight is 331 g/mol. The second-order valence-electron chi connectivity index (χ2n) is 5.25. The van der Waals surface area contributed by atoms with E-state index in [0.717, 1.165) is 17.9 Å². The van der Waals surface area contributed by atoms with Crippen molar-refractivity contribution in [3.05, 3.63) is 52.1 Å². The van der Waals surface area contributed by atoms with Crippen LogP contribution in [0.1, 0.15) is 18.3 Å². The van der Waals surface area contributed by atoms with Gasteiger partial charge < -0.3 is 10.2 Å². The first kappa shape index (κ1) is 17.4. The van der Waals surface area contributed by atoms with Crippen LogP contribution in [0.2, 0.25) is 0 Å². The number of non-ortho nitro benzene ring substituents is 1. The molecule has 2 aromatic rings. The van der Waals surface area contributed by atoms with Crippen LogP contribution in [0, 0.1) is 10.1 Å². The molecule has 0 amide bonds. The van der Waals surface area contributed by atoms with Gasteiger partial charge in [-0.05, 0) is 12.5 Å². The fourth-order valence-corrected chi connectivity index (χ4v) is 2.15. The van der Waals surface area contributed by atoms with Crippen molar-refractivity contribution in [2.24, 2.45) is 12.0 Å². The highest BCUT2D eigenvalue weighted by atomic mass is 16.6. The molecule has 1 heterocycles. The highest BCUT2D eigenvalue weighted by Crippen LogP contribution is 2.13. The third-order valence-electron chi connectivity index (χ3n) is 3.41. The van der Waals surface area contributed by atoms with Crippen molar-refractivity contribution in [1.82, 2.24) is 25.0 Å². The fraction of sp³-hybridized carbons (Fsp3) is 0.400. The maximum absolute atomic E-state index is 10.8. The Balaban J connectivity index is 2.11. The molecule has 1 aromatic heterocycles. The highest BCUT2D eigenvalue weighted by Gasteiger charge is 2.10. The van der Waals surface area contributed by atoms with Crippen LogP contribution in [-0.2, 0) is 20.1 Å². The van der Waals surface area contributed by atoms with Gasteiger partial charge in [-0.2, -0.15) is 5.10 Å². The Morgan fingerprint density at radius 3 is 2.92 bits per heavy atom. The van der Waals surface area contributed by atoms with Crippen molar-refractivity contribution in [3.63, 3.8) is 0 Å². The maximum Gasteiger partial charge on any atom is 0.269 e. The van der Waals surface area contributed by atoms with Crippen molar-refractivity contribution < 1.29 is 4.92 Å². The number of hydrogen-bond acceptors (Lipinski definition) is 5. The van der Waals surface area contributed by atoms with Gasteiger partial charge in [-0.25, -0.2) is 9.98 Å². The summed E-state index contributed by atoms with van der Waals surface area (Å²) in [6.07, 6.45) is 1.51. The van der Waals surface area contributed by atoms with Gasteiger partial charge in [0.1, 0.15) is 12.2 Å². The van der Waals surface area contributed by atoms with Gasteiger partial charge in [0.05, 0.1) is 18.0 Å². The minimum Gasteiger partial charge on any atom is -0.357 e. The summed E-state index contributed by atoms with van der Waals surface area (Å²) < 4.78 is 1.71. The first-order valence-corrected chi connectivity index (χ1v) is 7.57. The molecular formula is C15H21N7O2. The molecule has 0 bridgehead atoms. The number of rotatable bonds is 6.